The summed E-state index contributed by atoms with van der Waals surface area (Å²) in [4.78, 5) is 14.7. The van der Waals surface area contributed by atoms with E-state index in [4.69, 9.17) is 4.74 Å². The number of ether oxygens (including phenoxy) is 1. The summed E-state index contributed by atoms with van der Waals surface area (Å²) in [5.74, 6) is 0.537. The number of benzene rings is 1. The molecular weight excluding hydrogens is 258 g/mol. The third-order valence-electron chi connectivity index (χ3n) is 2.84. The standard InChI is InChI=1S/C14H15N3O3/c1-10-3-5-13(17(18)19)12(7-10)15-8-11-4-6-14(20-2)16-9-11/h3-7,9,15H,8H2,1-2H3. The maximum atomic E-state index is 11.0. The highest BCUT2D eigenvalue weighted by molar-refractivity contribution is 5.62. The van der Waals surface area contributed by atoms with Crippen molar-refractivity contribution in [3.63, 3.8) is 0 Å². The topological polar surface area (TPSA) is 77.3 Å². The Morgan fingerprint density at radius 3 is 2.75 bits per heavy atom. The van der Waals surface area contributed by atoms with Crippen molar-refractivity contribution >= 4 is 11.4 Å². The molecule has 6 nitrogen and oxygen atoms in total. The van der Waals surface area contributed by atoms with Crippen LogP contribution in [0.4, 0.5) is 11.4 Å². The molecule has 0 atom stereocenters. The molecule has 0 unspecified atom stereocenters. The molecule has 1 N–H and O–H groups in total. The molecule has 20 heavy (non-hydrogen) atoms. The largest absolute Gasteiger partial charge is 0.481 e. The molecule has 6 heteroatoms. The highest BCUT2D eigenvalue weighted by atomic mass is 16.6. The third-order valence-corrected chi connectivity index (χ3v) is 2.84. The third kappa shape index (κ3) is 3.23. The van der Waals surface area contributed by atoms with Gasteiger partial charge < -0.3 is 10.1 Å². The van der Waals surface area contributed by atoms with Crippen molar-refractivity contribution in [3.05, 3.63) is 57.8 Å². The molecule has 0 amide bonds. The molecule has 104 valence electrons. The zero-order valence-electron chi connectivity index (χ0n) is 11.3. The molecule has 2 rings (SSSR count). The smallest absolute Gasteiger partial charge is 0.292 e. The number of nitrogens with zero attached hydrogens (tertiary/aromatic N) is 2. The van der Waals surface area contributed by atoms with Crippen molar-refractivity contribution in [1.29, 1.82) is 0 Å². The molecule has 0 radical (unpaired) electrons. The van der Waals surface area contributed by atoms with Crippen molar-refractivity contribution in [2.75, 3.05) is 12.4 Å². The molecule has 0 bridgehead atoms. The van der Waals surface area contributed by atoms with E-state index in [2.05, 4.69) is 10.3 Å². The number of pyridine rings is 1. The molecule has 2 aromatic rings. The first-order valence-corrected chi connectivity index (χ1v) is 6.08. The van der Waals surface area contributed by atoms with Gasteiger partial charge in [-0.1, -0.05) is 12.1 Å². The second-order valence-electron chi connectivity index (χ2n) is 4.34. The molecule has 1 heterocycles. The van der Waals surface area contributed by atoms with E-state index in [1.807, 2.05) is 13.0 Å². The molecule has 0 spiro atoms. The molecule has 0 aliphatic carbocycles. The van der Waals surface area contributed by atoms with Crippen LogP contribution in [0.2, 0.25) is 0 Å². The van der Waals surface area contributed by atoms with Gasteiger partial charge in [-0.3, -0.25) is 10.1 Å². The fraction of sp³-hybridized carbons (Fsp3) is 0.214. The van der Waals surface area contributed by atoms with Gasteiger partial charge in [0.1, 0.15) is 5.69 Å². The molecule has 0 saturated carbocycles. The zero-order chi connectivity index (χ0) is 14.5. The van der Waals surface area contributed by atoms with Crippen LogP contribution in [0.15, 0.2) is 36.5 Å². The summed E-state index contributed by atoms with van der Waals surface area (Å²) in [5.41, 5.74) is 2.45. The van der Waals surface area contributed by atoms with Gasteiger partial charge in [-0.15, -0.1) is 0 Å². The maximum absolute atomic E-state index is 11.0. The van der Waals surface area contributed by atoms with Crippen molar-refractivity contribution in [1.82, 2.24) is 4.98 Å². The normalized spacial score (nSPS) is 10.1. The van der Waals surface area contributed by atoms with Crippen LogP contribution in [-0.2, 0) is 6.54 Å². The fourth-order valence-corrected chi connectivity index (χ4v) is 1.78. The first-order chi connectivity index (χ1) is 9.60. The lowest BCUT2D eigenvalue weighted by molar-refractivity contribution is -0.384. The molecule has 1 aromatic carbocycles. The predicted octanol–water partition coefficient (Wildman–Crippen LogP) is 2.92. The molecule has 0 fully saturated rings. The predicted molar refractivity (Wildman–Crippen MR) is 75.9 cm³/mol. The first-order valence-electron chi connectivity index (χ1n) is 6.08. The number of methoxy groups -OCH3 is 1. The van der Waals surface area contributed by atoms with Crippen LogP contribution in [0.1, 0.15) is 11.1 Å². The van der Waals surface area contributed by atoms with Crippen molar-refractivity contribution in [3.8, 4) is 5.88 Å². The number of rotatable bonds is 5. The van der Waals surface area contributed by atoms with Crippen LogP contribution in [0, 0.1) is 17.0 Å². The Kier molecular flexibility index (Phi) is 4.14. The Morgan fingerprint density at radius 1 is 1.35 bits per heavy atom. The van der Waals surface area contributed by atoms with E-state index >= 15 is 0 Å². The van der Waals surface area contributed by atoms with E-state index in [-0.39, 0.29) is 5.69 Å². The lowest BCUT2D eigenvalue weighted by Crippen LogP contribution is -2.03. The van der Waals surface area contributed by atoms with E-state index < -0.39 is 4.92 Å². The second-order valence-corrected chi connectivity index (χ2v) is 4.34. The van der Waals surface area contributed by atoms with Gasteiger partial charge in [0, 0.05) is 24.9 Å². The SMILES string of the molecule is COc1ccc(CNc2cc(C)ccc2[N+](=O)[O-])cn1. The second kappa shape index (κ2) is 6.01. The average molecular weight is 273 g/mol. The number of aryl methyl sites for hydroxylation is 1. The Bertz CT molecular complexity index is 612. The van der Waals surface area contributed by atoms with Gasteiger partial charge in [0.15, 0.2) is 0 Å². The molecular formula is C14H15N3O3. The summed E-state index contributed by atoms with van der Waals surface area (Å²) in [7, 11) is 1.55. The van der Waals surface area contributed by atoms with Gasteiger partial charge >= 0.3 is 0 Å². The van der Waals surface area contributed by atoms with E-state index in [1.165, 1.54) is 6.07 Å². The molecule has 0 aliphatic heterocycles. The Balaban J connectivity index is 2.13. The number of nitro groups is 1. The summed E-state index contributed by atoms with van der Waals surface area (Å²) in [6, 6.07) is 8.60. The highest BCUT2D eigenvalue weighted by Crippen LogP contribution is 2.25. The Morgan fingerprint density at radius 2 is 2.15 bits per heavy atom. The van der Waals surface area contributed by atoms with Crippen LogP contribution >= 0.6 is 0 Å². The van der Waals surface area contributed by atoms with E-state index in [0.717, 1.165) is 11.1 Å². The summed E-state index contributed by atoms with van der Waals surface area (Å²) < 4.78 is 4.98. The zero-order valence-corrected chi connectivity index (χ0v) is 11.3. The molecule has 1 aromatic heterocycles. The lowest BCUT2D eigenvalue weighted by Gasteiger charge is -2.08. The van der Waals surface area contributed by atoms with Gasteiger partial charge in [-0.05, 0) is 24.1 Å². The number of hydrogen-bond donors (Lipinski definition) is 1. The Hall–Kier alpha value is -2.63. The summed E-state index contributed by atoms with van der Waals surface area (Å²) in [6.45, 7) is 2.35. The van der Waals surface area contributed by atoms with Gasteiger partial charge in [0.25, 0.3) is 5.69 Å². The Labute approximate surface area is 116 Å². The molecule has 0 saturated heterocycles. The maximum Gasteiger partial charge on any atom is 0.292 e. The van der Waals surface area contributed by atoms with E-state index in [0.29, 0.717) is 18.1 Å². The lowest BCUT2D eigenvalue weighted by atomic mass is 10.2. The van der Waals surface area contributed by atoms with Crippen molar-refractivity contribution < 1.29 is 9.66 Å². The number of nitrogens with one attached hydrogen (secondary N) is 1. The van der Waals surface area contributed by atoms with E-state index in [1.54, 1.807) is 31.5 Å². The van der Waals surface area contributed by atoms with Gasteiger partial charge in [0.2, 0.25) is 5.88 Å². The number of hydrogen-bond acceptors (Lipinski definition) is 5. The van der Waals surface area contributed by atoms with Crippen molar-refractivity contribution in [2.24, 2.45) is 0 Å². The minimum atomic E-state index is -0.395. The quantitative estimate of drug-likeness (QED) is 0.669. The number of aromatic nitrogens is 1. The van der Waals surface area contributed by atoms with Gasteiger partial charge in [0.05, 0.1) is 12.0 Å². The van der Waals surface area contributed by atoms with Crippen LogP contribution in [0.3, 0.4) is 0 Å². The fourth-order valence-electron chi connectivity index (χ4n) is 1.78. The van der Waals surface area contributed by atoms with Gasteiger partial charge in [-0.25, -0.2) is 4.98 Å². The monoisotopic (exact) mass is 273 g/mol. The van der Waals surface area contributed by atoms with Crippen LogP contribution in [0.5, 0.6) is 5.88 Å². The first kappa shape index (κ1) is 13.8. The summed E-state index contributed by atoms with van der Waals surface area (Å²) >= 11 is 0. The molecule has 0 aliphatic rings. The number of anilines is 1. The van der Waals surface area contributed by atoms with Crippen LogP contribution < -0.4 is 10.1 Å². The minimum absolute atomic E-state index is 0.0667. The summed E-state index contributed by atoms with van der Waals surface area (Å²) in [6.07, 6.45) is 1.67. The number of nitro benzene ring substituents is 1. The van der Waals surface area contributed by atoms with E-state index in [9.17, 15) is 10.1 Å². The average Bonchev–Trinajstić information content (AvgIpc) is 2.45. The van der Waals surface area contributed by atoms with Crippen LogP contribution in [0.25, 0.3) is 0 Å². The summed E-state index contributed by atoms with van der Waals surface area (Å²) in [5, 5.41) is 14.0. The van der Waals surface area contributed by atoms with Gasteiger partial charge in [-0.2, -0.15) is 0 Å². The van der Waals surface area contributed by atoms with Crippen molar-refractivity contribution in [2.45, 2.75) is 13.5 Å². The minimum Gasteiger partial charge on any atom is -0.481 e. The highest BCUT2D eigenvalue weighted by Gasteiger charge is 2.12. The van der Waals surface area contributed by atoms with Crippen LogP contribution in [-0.4, -0.2) is 17.0 Å².